The van der Waals surface area contributed by atoms with E-state index in [4.69, 9.17) is 0 Å². The highest BCUT2D eigenvalue weighted by Crippen LogP contribution is 2.21. The Kier molecular flexibility index (Phi) is 5.11. The molecule has 0 saturated heterocycles. The van der Waals surface area contributed by atoms with E-state index in [0.717, 1.165) is 11.3 Å². The molecule has 6 nitrogen and oxygen atoms in total. The van der Waals surface area contributed by atoms with Gasteiger partial charge < -0.3 is 4.90 Å². The summed E-state index contributed by atoms with van der Waals surface area (Å²) in [5.41, 5.74) is 4.11. The van der Waals surface area contributed by atoms with E-state index in [0.29, 0.717) is 11.7 Å². The number of nitrogens with zero attached hydrogens (tertiary/aromatic N) is 5. The highest BCUT2D eigenvalue weighted by atomic mass is 16.2. The van der Waals surface area contributed by atoms with Crippen LogP contribution in [0, 0.1) is 6.92 Å². The summed E-state index contributed by atoms with van der Waals surface area (Å²) < 4.78 is 0. The number of hydrogen-bond acceptors (Lipinski definition) is 4. The molecule has 0 aliphatic rings. The molecule has 1 heterocycles. The molecule has 3 aromatic rings. The number of benzene rings is 2. The Balaban J connectivity index is 1.72. The lowest BCUT2D eigenvalue weighted by molar-refractivity contribution is -0.119. The molecule has 0 N–H and O–H groups in total. The van der Waals surface area contributed by atoms with Crippen molar-refractivity contribution in [1.82, 2.24) is 20.2 Å². The van der Waals surface area contributed by atoms with Crippen molar-refractivity contribution in [2.24, 2.45) is 0 Å². The van der Waals surface area contributed by atoms with Crippen molar-refractivity contribution in [3.8, 4) is 11.4 Å². The Morgan fingerprint density at radius 3 is 2.58 bits per heavy atom. The molecule has 0 atom stereocenters. The van der Waals surface area contributed by atoms with Crippen LogP contribution in [0.4, 0.5) is 5.69 Å². The lowest BCUT2D eigenvalue weighted by Gasteiger charge is -2.18. The number of carbonyl (C=O) groups excluding carboxylic acids is 1. The fourth-order valence-corrected chi connectivity index (χ4v) is 2.59. The molecule has 1 aromatic heterocycles. The summed E-state index contributed by atoms with van der Waals surface area (Å²) >= 11 is 0. The number of aryl methyl sites for hydroxylation is 1. The third kappa shape index (κ3) is 3.96. The van der Waals surface area contributed by atoms with Gasteiger partial charge in [-0.25, -0.2) is 0 Å². The van der Waals surface area contributed by atoms with E-state index < -0.39 is 0 Å². The molecule has 26 heavy (non-hydrogen) atoms. The zero-order valence-electron chi connectivity index (χ0n) is 15.5. The molecule has 134 valence electrons. The number of tetrazole rings is 1. The maximum atomic E-state index is 12.6. The van der Waals surface area contributed by atoms with Crippen LogP contribution >= 0.6 is 0 Å². The van der Waals surface area contributed by atoms with Gasteiger partial charge >= 0.3 is 0 Å². The standard InChI is InChI=1S/C20H23N5O/c1-14(2)17-6-5-7-18(12-17)24(4)19(26)13-25-22-20(21-23-25)16-10-8-15(3)9-11-16/h5-12,14H,13H2,1-4H3. The fourth-order valence-electron chi connectivity index (χ4n) is 2.59. The van der Waals surface area contributed by atoms with Gasteiger partial charge in [0.15, 0.2) is 0 Å². The van der Waals surface area contributed by atoms with Crippen LogP contribution in [0.25, 0.3) is 11.4 Å². The van der Waals surface area contributed by atoms with Crippen LogP contribution in [0.3, 0.4) is 0 Å². The normalized spacial score (nSPS) is 11.0. The first-order valence-electron chi connectivity index (χ1n) is 8.65. The van der Waals surface area contributed by atoms with Crippen molar-refractivity contribution in [3.63, 3.8) is 0 Å². The first kappa shape index (κ1) is 17.8. The van der Waals surface area contributed by atoms with Crippen molar-refractivity contribution >= 4 is 11.6 Å². The van der Waals surface area contributed by atoms with Crippen LogP contribution in [0.2, 0.25) is 0 Å². The average molecular weight is 349 g/mol. The van der Waals surface area contributed by atoms with Gasteiger partial charge in [-0.2, -0.15) is 4.80 Å². The van der Waals surface area contributed by atoms with Gasteiger partial charge in [-0.1, -0.05) is 55.8 Å². The van der Waals surface area contributed by atoms with E-state index in [1.165, 1.54) is 15.9 Å². The van der Waals surface area contributed by atoms with E-state index in [1.54, 1.807) is 11.9 Å². The van der Waals surface area contributed by atoms with Crippen molar-refractivity contribution in [2.45, 2.75) is 33.2 Å². The Hall–Kier alpha value is -3.02. The summed E-state index contributed by atoms with van der Waals surface area (Å²) in [6.45, 7) is 6.33. The number of likely N-dealkylation sites (N-methyl/N-ethyl adjacent to an activating group) is 1. The van der Waals surface area contributed by atoms with Crippen LogP contribution in [0.1, 0.15) is 30.9 Å². The summed E-state index contributed by atoms with van der Waals surface area (Å²) in [7, 11) is 1.76. The molecule has 0 unspecified atom stereocenters. The number of carbonyl (C=O) groups is 1. The van der Waals surface area contributed by atoms with Gasteiger partial charge in [-0.3, -0.25) is 4.79 Å². The molecule has 0 saturated carbocycles. The number of hydrogen-bond donors (Lipinski definition) is 0. The molecule has 6 heteroatoms. The minimum atomic E-state index is -0.0984. The number of aromatic nitrogens is 4. The van der Waals surface area contributed by atoms with Crippen LogP contribution in [0.15, 0.2) is 48.5 Å². The van der Waals surface area contributed by atoms with Gasteiger partial charge in [0.25, 0.3) is 0 Å². The number of amides is 1. The Morgan fingerprint density at radius 1 is 1.15 bits per heavy atom. The van der Waals surface area contributed by atoms with Crippen molar-refractivity contribution in [3.05, 3.63) is 59.7 Å². The predicted molar refractivity (Wildman–Crippen MR) is 102 cm³/mol. The SMILES string of the molecule is Cc1ccc(-c2nnn(CC(=O)N(C)c3cccc(C(C)C)c3)n2)cc1. The highest BCUT2D eigenvalue weighted by Gasteiger charge is 2.15. The van der Waals surface area contributed by atoms with Gasteiger partial charge in [0, 0.05) is 18.3 Å². The Bertz CT molecular complexity index is 899. The van der Waals surface area contributed by atoms with E-state index in [9.17, 15) is 4.79 Å². The quantitative estimate of drug-likeness (QED) is 0.708. The number of anilines is 1. The molecule has 0 aliphatic carbocycles. The van der Waals surface area contributed by atoms with Gasteiger partial charge in [0.1, 0.15) is 6.54 Å². The largest absolute Gasteiger partial charge is 0.314 e. The van der Waals surface area contributed by atoms with E-state index in [-0.39, 0.29) is 12.5 Å². The van der Waals surface area contributed by atoms with Gasteiger partial charge in [0.2, 0.25) is 11.7 Å². The minimum Gasteiger partial charge on any atom is -0.314 e. The second kappa shape index (κ2) is 7.47. The molecular formula is C20H23N5O. The third-order valence-electron chi connectivity index (χ3n) is 4.34. The van der Waals surface area contributed by atoms with Crippen molar-refractivity contribution in [2.75, 3.05) is 11.9 Å². The molecular weight excluding hydrogens is 326 g/mol. The smallest absolute Gasteiger partial charge is 0.250 e. The molecule has 0 fully saturated rings. The first-order valence-corrected chi connectivity index (χ1v) is 8.65. The summed E-state index contributed by atoms with van der Waals surface area (Å²) in [4.78, 5) is 15.5. The molecule has 2 aromatic carbocycles. The number of rotatable bonds is 5. The van der Waals surface area contributed by atoms with Gasteiger partial charge in [-0.15, -0.1) is 10.2 Å². The zero-order chi connectivity index (χ0) is 18.7. The summed E-state index contributed by atoms with van der Waals surface area (Å²) in [5, 5.41) is 12.4. The lowest BCUT2D eigenvalue weighted by atomic mass is 10.0. The predicted octanol–water partition coefficient (Wildman–Crippen LogP) is 3.43. The maximum Gasteiger partial charge on any atom is 0.250 e. The Labute approximate surface area is 153 Å². The highest BCUT2D eigenvalue weighted by molar-refractivity contribution is 5.92. The average Bonchev–Trinajstić information content (AvgIpc) is 3.10. The van der Waals surface area contributed by atoms with Crippen LogP contribution in [-0.4, -0.2) is 33.2 Å². The van der Waals surface area contributed by atoms with Crippen molar-refractivity contribution < 1.29 is 4.79 Å². The van der Waals surface area contributed by atoms with Crippen LogP contribution in [0.5, 0.6) is 0 Å². The van der Waals surface area contributed by atoms with E-state index in [1.807, 2.05) is 49.4 Å². The Morgan fingerprint density at radius 2 is 1.88 bits per heavy atom. The third-order valence-corrected chi connectivity index (χ3v) is 4.34. The summed E-state index contributed by atoms with van der Waals surface area (Å²) in [6.07, 6.45) is 0. The van der Waals surface area contributed by atoms with E-state index in [2.05, 4.69) is 35.3 Å². The second-order valence-electron chi connectivity index (χ2n) is 6.71. The summed E-state index contributed by atoms with van der Waals surface area (Å²) in [5.74, 6) is 0.827. The summed E-state index contributed by atoms with van der Waals surface area (Å²) in [6, 6.07) is 15.9. The zero-order valence-corrected chi connectivity index (χ0v) is 15.5. The minimum absolute atomic E-state index is 0.0429. The first-order chi connectivity index (χ1) is 12.4. The monoisotopic (exact) mass is 349 g/mol. The van der Waals surface area contributed by atoms with Crippen molar-refractivity contribution in [1.29, 1.82) is 0 Å². The molecule has 1 amide bonds. The lowest BCUT2D eigenvalue weighted by Crippen LogP contribution is -2.30. The molecule has 0 aliphatic heterocycles. The molecule has 0 bridgehead atoms. The van der Waals surface area contributed by atoms with Gasteiger partial charge in [-0.05, 0) is 35.8 Å². The van der Waals surface area contributed by atoms with Crippen LogP contribution < -0.4 is 4.90 Å². The molecule has 3 rings (SSSR count). The molecule has 0 radical (unpaired) electrons. The van der Waals surface area contributed by atoms with E-state index >= 15 is 0 Å². The topological polar surface area (TPSA) is 63.9 Å². The second-order valence-corrected chi connectivity index (χ2v) is 6.71. The van der Waals surface area contributed by atoms with Gasteiger partial charge in [0.05, 0.1) is 0 Å². The maximum absolute atomic E-state index is 12.6. The fraction of sp³-hybridized carbons (Fsp3) is 0.300. The molecule has 0 spiro atoms. The van der Waals surface area contributed by atoms with Crippen LogP contribution in [-0.2, 0) is 11.3 Å².